The molecule has 4 nitrogen and oxygen atoms in total. The maximum atomic E-state index is 11.9. The molecular formula is C14H21NO3. The number of aryl methyl sites for hydroxylation is 2. The molecule has 4 heteroatoms. The molecule has 2 atom stereocenters. The number of hydrogen-bond donors (Lipinski definition) is 1. The van der Waals surface area contributed by atoms with E-state index in [9.17, 15) is 4.79 Å². The third-order valence-electron chi connectivity index (χ3n) is 3.31. The van der Waals surface area contributed by atoms with E-state index in [1.165, 1.54) is 0 Å². The Morgan fingerprint density at radius 2 is 2.39 bits per heavy atom. The zero-order chi connectivity index (χ0) is 13.0. The van der Waals surface area contributed by atoms with Crippen molar-refractivity contribution < 1.29 is 13.9 Å². The molecule has 100 valence electrons. The first-order valence-electron chi connectivity index (χ1n) is 6.58. The van der Waals surface area contributed by atoms with E-state index in [1.807, 2.05) is 26.0 Å². The molecule has 2 heterocycles. The SMILES string of the molecule is Cc1ccc(CC[C@H](C)NC(=O)[C@H]2CCOC2)o1. The van der Waals surface area contributed by atoms with E-state index < -0.39 is 0 Å². The van der Waals surface area contributed by atoms with E-state index in [0.717, 1.165) is 30.8 Å². The van der Waals surface area contributed by atoms with Crippen LogP contribution in [-0.2, 0) is 16.0 Å². The van der Waals surface area contributed by atoms with Gasteiger partial charge < -0.3 is 14.5 Å². The van der Waals surface area contributed by atoms with Gasteiger partial charge in [-0.05, 0) is 38.8 Å². The lowest BCUT2D eigenvalue weighted by molar-refractivity contribution is -0.125. The second-order valence-corrected chi connectivity index (χ2v) is 5.02. The number of ether oxygens (including phenoxy) is 1. The number of carbonyl (C=O) groups excluding carboxylic acids is 1. The van der Waals surface area contributed by atoms with Crippen LogP contribution in [0.2, 0.25) is 0 Å². The van der Waals surface area contributed by atoms with Gasteiger partial charge in [0.25, 0.3) is 0 Å². The molecule has 1 aliphatic heterocycles. The van der Waals surface area contributed by atoms with Gasteiger partial charge in [-0.1, -0.05) is 0 Å². The lowest BCUT2D eigenvalue weighted by Crippen LogP contribution is -2.37. The molecule has 0 aliphatic carbocycles. The Kier molecular flexibility index (Phi) is 4.42. The van der Waals surface area contributed by atoms with Gasteiger partial charge in [0.15, 0.2) is 0 Å². The number of hydrogen-bond acceptors (Lipinski definition) is 3. The molecule has 0 saturated carbocycles. The summed E-state index contributed by atoms with van der Waals surface area (Å²) in [6.45, 7) is 5.24. The van der Waals surface area contributed by atoms with Gasteiger partial charge in [-0.3, -0.25) is 4.79 Å². The highest BCUT2D eigenvalue weighted by atomic mass is 16.5. The standard InChI is InChI=1S/C14H21NO3/c1-10(3-5-13-6-4-11(2)18-13)15-14(16)12-7-8-17-9-12/h4,6,10,12H,3,5,7-9H2,1-2H3,(H,15,16)/t10-,12-/m0/s1. The van der Waals surface area contributed by atoms with Crippen LogP contribution in [0.4, 0.5) is 0 Å². The second kappa shape index (κ2) is 6.05. The molecule has 0 spiro atoms. The summed E-state index contributed by atoms with van der Waals surface area (Å²) in [5.74, 6) is 2.08. The highest BCUT2D eigenvalue weighted by Crippen LogP contribution is 2.13. The van der Waals surface area contributed by atoms with E-state index in [2.05, 4.69) is 5.32 Å². The van der Waals surface area contributed by atoms with Crippen molar-refractivity contribution in [2.45, 2.75) is 39.2 Å². The van der Waals surface area contributed by atoms with Crippen molar-refractivity contribution in [1.29, 1.82) is 0 Å². The molecule has 1 aliphatic rings. The lowest BCUT2D eigenvalue weighted by Gasteiger charge is -2.15. The maximum Gasteiger partial charge on any atom is 0.225 e. The molecule has 1 aromatic rings. The Hall–Kier alpha value is -1.29. The maximum absolute atomic E-state index is 11.9. The largest absolute Gasteiger partial charge is 0.466 e. The van der Waals surface area contributed by atoms with Gasteiger partial charge in [-0.2, -0.15) is 0 Å². The monoisotopic (exact) mass is 251 g/mol. The van der Waals surface area contributed by atoms with Crippen molar-refractivity contribution in [3.8, 4) is 0 Å². The molecular weight excluding hydrogens is 230 g/mol. The Bertz CT molecular complexity index is 393. The van der Waals surface area contributed by atoms with Gasteiger partial charge in [0.05, 0.1) is 12.5 Å². The number of furan rings is 1. The summed E-state index contributed by atoms with van der Waals surface area (Å²) >= 11 is 0. The van der Waals surface area contributed by atoms with Crippen LogP contribution < -0.4 is 5.32 Å². The van der Waals surface area contributed by atoms with Gasteiger partial charge in [0.1, 0.15) is 11.5 Å². The van der Waals surface area contributed by atoms with Crippen molar-refractivity contribution >= 4 is 5.91 Å². The topological polar surface area (TPSA) is 51.5 Å². The van der Waals surface area contributed by atoms with Crippen molar-refractivity contribution in [3.63, 3.8) is 0 Å². The fraction of sp³-hybridized carbons (Fsp3) is 0.643. The smallest absolute Gasteiger partial charge is 0.225 e. The highest BCUT2D eigenvalue weighted by molar-refractivity contribution is 5.79. The zero-order valence-corrected chi connectivity index (χ0v) is 11.1. The molecule has 0 radical (unpaired) electrons. The van der Waals surface area contributed by atoms with Crippen LogP contribution in [0.25, 0.3) is 0 Å². The van der Waals surface area contributed by atoms with Gasteiger partial charge >= 0.3 is 0 Å². The third kappa shape index (κ3) is 3.60. The van der Waals surface area contributed by atoms with E-state index in [0.29, 0.717) is 13.2 Å². The van der Waals surface area contributed by atoms with E-state index in [-0.39, 0.29) is 17.9 Å². The second-order valence-electron chi connectivity index (χ2n) is 5.02. The molecule has 1 N–H and O–H groups in total. The quantitative estimate of drug-likeness (QED) is 0.871. The van der Waals surface area contributed by atoms with Crippen molar-refractivity contribution in [2.75, 3.05) is 13.2 Å². The minimum Gasteiger partial charge on any atom is -0.466 e. The fourth-order valence-corrected chi connectivity index (χ4v) is 2.15. The van der Waals surface area contributed by atoms with Gasteiger partial charge in [-0.15, -0.1) is 0 Å². The molecule has 0 unspecified atom stereocenters. The fourth-order valence-electron chi connectivity index (χ4n) is 2.15. The molecule has 0 aromatic carbocycles. The lowest BCUT2D eigenvalue weighted by atomic mass is 10.1. The van der Waals surface area contributed by atoms with Gasteiger partial charge in [-0.25, -0.2) is 0 Å². The Balaban J connectivity index is 1.71. The van der Waals surface area contributed by atoms with Crippen molar-refractivity contribution in [1.82, 2.24) is 5.32 Å². The molecule has 18 heavy (non-hydrogen) atoms. The number of nitrogens with one attached hydrogen (secondary N) is 1. The van der Waals surface area contributed by atoms with Crippen LogP contribution in [0, 0.1) is 12.8 Å². The van der Waals surface area contributed by atoms with Crippen molar-refractivity contribution in [3.05, 3.63) is 23.7 Å². The third-order valence-corrected chi connectivity index (χ3v) is 3.31. The van der Waals surface area contributed by atoms with E-state index in [1.54, 1.807) is 0 Å². The number of amides is 1. The Labute approximate surface area is 108 Å². The van der Waals surface area contributed by atoms with Gasteiger partial charge in [0.2, 0.25) is 5.91 Å². The first-order chi connectivity index (χ1) is 8.65. The van der Waals surface area contributed by atoms with Crippen LogP contribution in [0.1, 0.15) is 31.3 Å². The van der Waals surface area contributed by atoms with Crippen LogP contribution in [0.3, 0.4) is 0 Å². The summed E-state index contributed by atoms with van der Waals surface area (Å²) in [4.78, 5) is 11.9. The minimum atomic E-state index is 0.0401. The van der Waals surface area contributed by atoms with Crippen LogP contribution in [0.15, 0.2) is 16.5 Å². The average Bonchev–Trinajstić information content (AvgIpc) is 2.97. The van der Waals surface area contributed by atoms with Gasteiger partial charge in [0, 0.05) is 19.1 Å². The summed E-state index contributed by atoms with van der Waals surface area (Å²) in [5.41, 5.74) is 0. The summed E-state index contributed by atoms with van der Waals surface area (Å²) in [6.07, 6.45) is 2.60. The summed E-state index contributed by atoms with van der Waals surface area (Å²) in [6, 6.07) is 4.13. The predicted octanol–water partition coefficient (Wildman–Crippen LogP) is 2.06. The van der Waals surface area contributed by atoms with Crippen LogP contribution >= 0.6 is 0 Å². The summed E-state index contributed by atoms with van der Waals surface area (Å²) in [7, 11) is 0. The van der Waals surface area contributed by atoms with Crippen molar-refractivity contribution in [2.24, 2.45) is 5.92 Å². The first-order valence-corrected chi connectivity index (χ1v) is 6.58. The highest BCUT2D eigenvalue weighted by Gasteiger charge is 2.24. The number of carbonyl (C=O) groups is 1. The number of rotatable bonds is 5. The Morgan fingerprint density at radius 1 is 1.56 bits per heavy atom. The average molecular weight is 251 g/mol. The van der Waals surface area contributed by atoms with Crippen LogP contribution in [0.5, 0.6) is 0 Å². The predicted molar refractivity (Wildman–Crippen MR) is 68.3 cm³/mol. The summed E-state index contributed by atoms with van der Waals surface area (Å²) < 4.78 is 10.7. The molecule has 1 aromatic heterocycles. The first kappa shape index (κ1) is 13.1. The minimum absolute atomic E-state index is 0.0401. The molecule has 1 fully saturated rings. The summed E-state index contributed by atoms with van der Waals surface area (Å²) in [5, 5.41) is 3.04. The molecule has 1 amide bonds. The van der Waals surface area contributed by atoms with E-state index in [4.69, 9.17) is 9.15 Å². The van der Waals surface area contributed by atoms with E-state index >= 15 is 0 Å². The molecule has 0 bridgehead atoms. The zero-order valence-electron chi connectivity index (χ0n) is 11.1. The Morgan fingerprint density at radius 3 is 3.00 bits per heavy atom. The normalized spacial score (nSPS) is 20.9. The molecule has 2 rings (SSSR count). The molecule has 1 saturated heterocycles. The van der Waals surface area contributed by atoms with Crippen LogP contribution in [-0.4, -0.2) is 25.2 Å².